The molecule has 11 aromatic carbocycles. The average Bonchev–Trinajstić information content (AvgIpc) is 3.98. The first kappa shape index (κ1) is 39.7. The summed E-state index contributed by atoms with van der Waals surface area (Å²) in [5, 5.41) is 9.37. The molecular formula is C65H40N4O. The maximum atomic E-state index is 6.56. The lowest BCUT2D eigenvalue weighted by atomic mass is 9.95. The van der Waals surface area contributed by atoms with E-state index in [9.17, 15) is 0 Å². The van der Waals surface area contributed by atoms with E-state index in [0.717, 1.165) is 88.7 Å². The minimum Gasteiger partial charge on any atom is -0.456 e. The Balaban J connectivity index is 1.03. The van der Waals surface area contributed by atoms with Crippen molar-refractivity contribution in [2.24, 2.45) is 0 Å². The second kappa shape index (κ2) is 16.1. The number of rotatable bonds is 7. The molecule has 14 aromatic rings. The Morgan fingerprint density at radius 1 is 0.286 bits per heavy atom. The molecule has 3 heterocycles. The van der Waals surface area contributed by atoms with Gasteiger partial charge >= 0.3 is 0 Å². The molecule has 0 unspecified atom stereocenters. The van der Waals surface area contributed by atoms with Gasteiger partial charge in [0.25, 0.3) is 0 Å². The summed E-state index contributed by atoms with van der Waals surface area (Å²) in [5.41, 5.74) is 14.3. The van der Waals surface area contributed by atoms with Gasteiger partial charge in [0, 0.05) is 43.8 Å². The Morgan fingerprint density at radius 3 is 1.47 bits per heavy atom. The molecule has 0 N–H and O–H groups in total. The zero-order chi connectivity index (χ0) is 46.1. The summed E-state index contributed by atoms with van der Waals surface area (Å²) < 4.78 is 9.01. The first-order chi connectivity index (χ1) is 34.7. The highest BCUT2D eigenvalue weighted by Gasteiger charge is 2.23. The third-order valence-electron chi connectivity index (χ3n) is 13.8. The van der Waals surface area contributed by atoms with Gasteiger partial charge in [-0.3, -0.25) is 0 Å². The maximum Gasteiger partial charge on any atom is 0.164 e. The Labute approximate surface area is 403 Å². The van der Waals surface area contributed by atoms with E-state index in [4.69, 9.17) is 19.4 Å². The van der Waals surface area contributed by atoms with Crippen molar-refractivity contribution in [3.63, 3.8) is 0 Å². The van der Waals surface area contributed by atoms with Crippen LogP contribution in [-0.2, 0) is 0 Å². The Hall–Kier alpha value is -9.45. The van der Waals surface area contributed by atoms with Gasteiger partial charge in [-0.2, -0.15) is 0 Å². The summed E-state index contributed by atoms with van der Waals surface area (Å²) in [6, 6.07) is 85.9. The number of para-hydroxylation sites is 1. The number of aromatic nitrogens is 4. The summed E-state index contributed by atoms with van der Waals surface area (Å²) >= 11 is 0. The van der Waals surface area contributed by atoms with Crippen LogP contribution >= 0.6 is 0 Å². The largest absolute Gasteiger partial charge is 0.456 e. The molecule has 0 spiro atoms. The van der Waals surface area contributed by atoms with Crippen LogP contribution in [0.3, 0.4) is 0 Å². The van der Waals surface area contributed by atoms with Crippen molar-refractivity contribution in [2.45, 2.75) is 0 Å². The van der Waals surface area contributed by atoms with Gasteiger partial charge in [-0.25, -0.2) is 15.0 Å². The molecule has 0 radical (unpaired) electrons. The predicted octanol–water partition coefficient (Wildman–Crippen LogP) is 17.2. The second-order valence-electron chi connectivity index (χ2n) is 17.9. The van der Waals surface area contributed by atoms with Gasteiger partial charge in [-0.15, -0.1) is 0 Å². The molecule has 0 aliphatic carbocycles. The van der Waals surface area contributed by atoms with E-state index in [2.05, 4.69) is 223 Å². The topological polar surface area (TPSA) is 56.7 Å². The molecule has 14 rings (SSSR count). The fourth-order valence-electron chi connectivity index (χ4n) is 10.5. The van der Waals surface area contributed by atoms with Gasteiger partial charge in [-0.05, 0) is 97.9 Å². The highest BCUT2D eigenvalue weighted by atomic mass is 16.3. The van der Waals surface area contributed by atoms with Crippen molar-refractivity contribution >= 4 is 65.3 Å². The molecule has 0 atom stereocenters. The molecule has 5 heteroatoms. The Kier molecular flexibility index (Phi) is 9.14. The van der Waals surface area contributed by atoms with Gasteiger partial charge in [-0.1, -0.05) is 194 Å². The molecule has 0 saturated heterocycles. The van der Waals surface area contributed by atoms with E-state index >= 15 is 0 Å². The van der Waals surface area contributed by atoms with Crippen LogP contribution in [0.25, 0.3) is 139 Å². The van der Waals surface area contributed by atoms with E-state index in [1.807, 2.05) is 24.3 Å². The van der Waals surface area contributed by atoms with E-state index in [0.29, 0.717) is 17.5 Å². The summed E-state index contributed by atoms with van der Waals surface area (Å²) in [7, 11) is 0. The van der Waals surface area contributed by atoms with E-state index in [1.54, 1.807) is 0 Å². The predicted molar refractivity (Wildman–Crippen MR) is 289 cm³/mol. The van der Waals surface area contributed by atoms with Gasteiger partial charge < -0.3 is 8.98 Å². The third kappa shape index (κ3) is 6.59. The molecule has 0 aliphatic heterocycles. The minimum absolute atomic E-state index is 0.579. The summed E-state index contributed by atoms with van der Waals surface area (Å²) in [5.74, 6) is 1.78. The standard InChI is InChI=1S/C65H40N4O/c1-3-14-41(15-4-1)43-26-30-46(31-27-43)63-66-64(47-32-28-44(29-33-47)42-16-5-2-6-17-42)68-65(67-63)50-35-36-56(54(39-50)52-23-13-25-60-62(52)53-22-11-12-24-59(53)70-60)69-57-37-34-45-18-9-10-21-51(45)61(57)55-38-48-19-7-8-20-49(48)40-58(55)69/h1-40H. The van der Waals surface area contributed by atoms with Crippen LogP contribution in [0.15, 0.2) is 247 Å². The minimum atomic E-state index is 0.579. The smallest absolute Gasteiger partial charge is 0.164 e. The first-order valence-corrected chi connectivity index (χ1v) is 23.7. The Bertz CT molecular complexity index is 4220. The van der Waals surface area contributed by atoms with Gasteiger partial charge in [0.2, 0.25) is 0 Å². The van der Waals surface area contributed by atoms with Gasteiger partial charge in [0.1, 0.15) is 11.2 Å². The van der Waals surface area contributed by atoms with Crippen LogP contribution in [0, 0.1) is 0 Å². The molecule has 0 amide bonds. The van der Waals surface area contributed by atoms with Gasteiger partial charge in [0.05, 0.1) is 16.7 Å². The molecule has 5 nitrogen and oxygen atoms in total. The first-order valence-electron chi connectivity index (χ1n) is 23.7. The molecular weight excluding hydrogens is 853 g/mol. The highest BCUT2D eigenvalue weighted by molar-refractivity contribution is 6.24. The fourth-order valence-corrected chi connectivity index (χ4v) is 10.5. The van der Waals surface area contributed by atoms with Crippen molar-refractivity contribution in [2.75, 3.05) is 0 Å². The average molecular weight is 893 g/mol. The third-order valence-corrected chi connectivity index (χ3v) is 13.8. The molecule has 326 valence electrons. The van der Waals surface area contributed by atoms with E-state index in [1.165, 1.54) is 32.3 Å². The van der Waals surface area contributed by atoms with Crippen LogP contribution in [-0.4, -0.2) is 19.5 Å². The lowest BCUT2D eigenvalue weighted by Gasteiger charge is -2.17. The van der Waals surface area contributed by atoms with Crippen molar-refractivity contribution in [1.29, 1.82) is 0 Å². The van der Waals surface area contributed by atoms with Crippen LogP contribution in [0.4, 0.5) is 0 Å². The SMILES string of the molecule is c1ccc(-c2ccc(-c3nc(-c4ccc(-c5ccccc5)cc4)nc(-c4ccc(-n5c6cc7ccccc7cc6c6c7ccccc7ccc65)c(-c5cccc6oc7ccccc7c56)c4)n3)cc2)cc1. The maximum absolute atomic E-state index is 6.56. The van der Waals surface area contributed by atoms with E-state index < -0.39 is 0 Å². The number of benzene rings is 11. The van der Waals surface area contributed by atoms with Crippen LogP contribution in [0.5, 0.6) is 0 Å². The van der Waals surface area contributed by atoms with Crippen molar-refractivity contribution in [3.8, 4) is 73.2 Å². The van der Waals surface area contributed by atoms with Crippen LogP contribution in [0.2, 0.25) is 0 Å². The van der Waals surface area contributed by atoms with E-state index in [-0.39, 0.29) is 0 Å². The highest BCUT2D eigenvalue weighted by Crippen LogP contribution is 2.45. The fraction of sp³-hybridized carbons (Fsp3) is 0. The molecule has 0 saturated carbocycles. The summed E-state index contributed by atoms with van der Waals surface area (Å²) in [4.78, 5) is 15.8. The lowest BCUT2D eigenvalue weighted by Crippen LogP contribution is -2.02. The molecule has 70 heavy (non-hydrogen) atoms. The number of hydrogen-bond acceptors (Lipinski definition) is 4. The Morgan fingerprint density at radius 2 is 0.800 bits per heavy atom. The molecule has 0 aliphatic rings. The van der Waals surface area contributed by atoms with Crippen molar-refractivity contribution < 1.29 is 4.42 Å². The summed E-state index contributed by atoms with van der Waals surface area (Å²) in [6.45, 7) is 0. The quantitative estimate of drug-likeness (QED) is 0.160. The molecule has 0 bridgehead atoms. The van der Waals surface area contributed by atoms with Crippen LogP contribution in [0.1, 0.15) is 0 Å². The number of hydrogen-bond donors (Lipinski definition) is 0. The number of fused-ring (bicyclic) bond motifs is 9. The zero-order valence-corrected chi connectivity index (χ0v) is 37.8. The van der Waals surface area contributed by atoms with Crippen molar-refractivity contribution in [1.82, 2.24) is 19.5 Å². The monoisotopic (exact) mass is 892 g/mol. The van der Waals surface area contributed by atoms with Gasteiger partial charge in [0.15, 0.2) is 17.5 Å². The van der Waals surface area contributed by atoms with Crippen molar-refractivity contribution in [3.05, 3.63) is 243 Å². The lowest BCUT2D eigenvalue weighted by molar-refractivity contribution is 0.669. The number of nitrogens with zero attached hydrogens (tertiary/aromatic N) is 4. The zero-order valence-electron chi connectivity index (χ0n) is 37.8. The normalized spacial score (nSPS) is 11.7. The summed E-state index contributed by atoms with van der Waals surface area (Å²) in [6.07, 6.45) is 0. The number of furan rings is 1. The molecule has 3 aromatic heterocycles. The second-order valence-corrected chi connectivity index (χ2v) is 17.9. The molecule has 0 fully saturated rings. The van der Waals surface area contributed by atoms with Crippen LogP contribution < -0.4 is 0 Å².